The number of benzene rings is 3. The first-order chi connectivity index (χ1) is 17.5. The van der Waals surface area contributed by atoms with Crippen molar-refractivity contribution >= 4 is 44.9 Å². The second-order valence-electron chi connectivity index (χ2n) is 8.03. The van der Waals surface area contributed by atoms with E-state index < -0.39 is 28.4 Å². The number of esters is 1. The molecule has 0 radical (unpaired) electrons. The van der Waals surface area contributed by atoms with Crippen LogP contribution in [0.4, 0.5) is 11.4 Å². The second-order valence-corrected chi connectivity index (χ2v) is 10.3. The highest BCUT2D eigenvalue weighted by Crippen LogP contribution is 2.34. The van der Waals surface area contributed by atoms with Gasteiger partial charge in [-0.05, 0) is 61.4 Å². The van der Waals surface area contributed by atoms with Gasteiger partial charge >= 0.3 is 5.97 Å². The van der Waals surface area contributed by atoms with Crippen LogP contribution in [0, 0.1) is 13.8 Å². The Morgan fingerprint density at radius 1 is 0.892 bits per heavy atom. The molecule has 0 atom stereocenters. The second kappa shape index (κ2) is 11.5. The van der Waals surface area contributed by atoms with Gasteiger partial charge in [-0.15, -0.1) is 0 Å². The number of sulfonamides is 1. The molecule has 196 valence electrons. The Labute approximate surface area is 221 Å². The van der Waals surface area contributed by atoms with Gasteiger partial charge in [0.1, 0.15) is 6.54 Å². The molecule has 0 aliphatic heterocycles. The number of methoxy groups -OCH3 is 3. The average molecular weight is 547 g/mol. The predicted octanol–water partition coefficient (Wildman–Crippen LogP) is 4.59. The summed E-state index contributed by atoms with van der Waals surface area (Å²) in [5, 5.41) is 2.98. The van der Waals surface area contributed by atoms with Crippen molar-refractivity contribution in [3.8, 4) is 11.5 Å². The molecule has 3 aromatic rings. The van der Waals surface area contributed by atoms with Gasteiger partial charge in [0.05, 0.1) is 43.2 Å². The maximum Gasteiger partial charge on any atom is 0.340 e. The van der Waals surface area contributed by atoms with Gasteiger partial charge in [-0.25, -0.2) is 13.2 Å². The van der Waals surface area contributed by atoms with Crippen LogP contribution < -0.4 is 19.1 Å². The number of amides is 1. The SMILES string of the molecule is COC(=O)c1cc(OC)c(OC)cc1NC(=O)CN(c1ccc(C)c(C)c1)S(=O)(=O)c1ccc(Cl)cc1. The number of nitrogens with one attached hydrogen (secondary N) is 1. The summed E-state index contributed by atoms with van der Waals surface area (Å²) < 4.78 is 43.6. The minimum absolute atomic E-state index is 0.00629. The van der Waals surface area contributed by atoms with E-state index in [4.69, 9.17) is 25.8 Å². The highest BCUT2D eigenvalue weighted by Gasteiger charge is 2.28. The molecule has 11 heteroatoms. The summed E-state index contributed by atoms with van der Waals surface area (Å²) in [6.45, 7) is 3.16. The molecule has 0 bridgehead atoms. The summed E-state index contributed by atoms with van der Waals surface area (Å²) in [6.07, 6.45) is 0. The Morgan fingerprint density at radius 3 is 2.08 bits per heavy atom. The van der Waals surface area contributed by atoms with Crippen molar-refractivity contribution in [2.24, 2.45) is 0 Å². The molecule has 0 aliphatic carbocycles. The van der Waals surface area contributed by atoms with Crippen LogP contribution in [0.25, 0.3) is 0 Å². The van der Waals surface area contributed by atoms with Gasteiger partial charge in [0.25, 0.3) is 10.0 Å². The number of carbonyl (C=O) groups excluding carboxylic acids is 2. The Morgan fingerprint density at radius 2 is 1.51 bits per heavy atom. The molecular formula is C26H27ClN2O7S. The van der Waals surface area contributed by atoms with Crippen LogP contribution in [0.2, 0.25) is 5.02 Å². The van der Waals surface area contributed by atoms with Crippen LogP contribution in [-0.2, 0) is 19.6 Å². The third kappa shape index (κ3) is 6.15. The molecule has 3 aromatic carbocycles. The van der Waals surface area contributed by atoms with E-state index in [1.165, 1.54) is 57.7 Å². The van der Waals surface area contributed by atoms with E-state index >= 15 is 0 Å². The first-order valence-electron chi connectivity index (χ1n) is 11.0. The van der Waals surface area contributed by atoms with Crippen molar-refractivity contribution in [1.29, 1.82) is 0 Å². The molecular weight excluding hydrogens is 520 g/mol. The van der Waals surface area contributed by atoms with Gasteiger partial charge in [0.15, 0.2) is 11.5 Å². The third-order valence-electron chi connectivity index (χ3n) is 5.67. The Bertz CT molecular complexity index is 1420. The van der Waals surface area contributed by atoms with Crippen LogP contribution in [0.1, 0.15) is 21.5 Å². The lowest BCUT2D eigenvalue weighted by atomic mass is 10.1. The van der Waals surface area contributed by atoms with Gasteiger partial charge in [0, 0.05) is 17.2 Å². The minimum atomic E-state index is -4.16. The van der Waals surface area contributed by atoms with Crippen LogP contribution >= 0.6 is 11.6 Å². The van der Waals surface area contributed by atoms with Crippen molar-refractivity contribution in [2.45, 2.75) is 18.7 Å². The number of ether oxygens (including phenoxy) is 3. The van der Waals surface area contributed by atoms with E-state index in [2.05, 4.69) is 5.32 Å². The summed E-state index contributed by atoms with van der Waals surface area (Å²) in [5.41, 5.74) is 2.19. The van der Waals surface area contributed by atoms with Gasteiger partial charge in [-0.1, -0.05) is 17.7 Å². The smallest absolute Gasteiger partial charge is 0.340 e. The maximum absolute atomic E-state index is 13.6. The minimum Gasteiger partial charge on any atom is -0.493 e. The standard InChI is InChI=1S/C26H27ClN2O7S/c1-16-6-9-19(12-17(16)2)29(37(32,33)20-10-7-18(27)8-11-20)15-25(30)28-22-14-24(35-4)23(34-3)13-21(22)26(31)36-5/h6-14H,15H2,1-5H3,(H,28,30). The molecule has 0 heterocycles. The zero-order valence-corrected chi connectivity index (χ0v) is 22.6. The van der Waals surface area contributed by atoms with Gasteiger partial charge in [-0.3, -0.25) is 9.10 Å². The topological polar surface area (TPSA) is 111 Å². The fraction of sp³-hybridized carbons (Fsp3) is 0.231. The highest BCUT2D eigenvalue weighted by atomic mass is 35.5. The first-order valence-corrected chi connectivity index (χ1v) is 12.8. The number of hydrogen-bond donors (Lipinski definition) is 1. The van der Waals surface area contributed by atoms with Crippen LogP contribution in [0.3, 0.4) is 0 Å². The molecule has 3 rings (SSSR count). The van der Waals surface area contributed by atoms with Gasteiger partial charge in [-0.2, -0.15) is 0 Å². The Kier molecular flexibility index (Phi) is 8.67. The largest absolute Gasteiger partial charge is 0.493 e. The summed E-state index contributed by atoms with van der Waals surface area (Å²) in [7, 11) is -0.159. The van der Waals surface area contributed by atoms with E-state index in [0.717, 1.165) is 15.4 Å². The van der Waals surface area contributed by atoms with Crippen LogP contribution in [0.15, 0.2) is 59.5 Å². The van der Waals surface area contributed by atoms with Crippen LogP contribution in [-0.4, -0.2) is 48.2 Å². The van der Waals surface area contributed by atoms with E-state index in [1.54, 1.807) is 18.2 Å². The number of hydrogen-bond acceptors (Lipinski definition) is 7. The summed E-state index contributed by atoms with van der Waals surface area (Å²) in [4.78, 5) is 25.6. The lowest BCUT2D eigenvalue weighted by Crippen LogP contribution is -2.38. The normalized spacial score (nSPS) is 11.0. The van der Waals surface area contributed by atoms with Gasteiger partial charge < -0.3 is 19.5 Å². The monoisotopic (exact) mass is 546 g/mol. The Balaban J connectivity index is 2.04. The molecule has 0 saturated carbocycles. The number of halogens is 1. The summed E-state index contributed by atoms with van der Waals surface area (Å²) >= 11 is 5.94. The molecule has 0 aromatic heterocycles. The molecule has 0 saturated heterocycles. The molecule has 1 N–H and O–H groups in total. The first kappa shape index (κ1) is 27.8. The summed E-state index contributed by atoms with van der Waals surface area (Å²) in [5.74, 6) is -0.919. The molecule has 0 fully saturated rings. The van der Waals surface area contributed by atoms with Gasteiger partial charge in [0.2, 0.25) is 5.91 Å². The number of nitrogens with zero attached hydrogens (tertiary/aromatic N) is 1. The molecule has 0 spiro atoms. The molecule has 1 amide bonds. The molecule has 0 unspecified atom stereocenters. The zero-order chi connectivity index (χ0) is 27.3. The maximum atomic E-state index is 13.6. The lowest BCUT2D eigenvalue weighted by Gasteiger charge is -2.25. The van der Waals surface area contributed by atoms with Crippen molar-refractivity contribution in [2.75, 3.05) is 37.5 Å². The fourth-order valence-electron chi connectivity index (χ4n) is 3.51. The Hall–Kier alpha value is -3.76. The quantitative estimate of drug-likeness (QED) is 0.390. The lowest BCUT2D eigenvalue weighted by molar-refractivity contribution is -0.114. The van der Waals surface area contributed by atoms with Crippen molar-refractivity contribution in [3.05, 3.63) is 76.3 Å². The number of anilines is 2. The van der Waals surface area contributed by atoms with Crippen LogP contribution in [0.5, 0.6) is 11.5 Å². The molecule has 37 heavy (non-hydrogen) atoms. The predicted molar refractivity (Wildman–Crippen MR) is 141 cm³/mol. The number of carbonyl (C=O) groups is 2. The molecule has 0 aliphatic rings. The van der Waals surface area contributed by atoms with Crippen molar-refractivity contribution < 1.29 is 32.2 Å². The third-order valence-corrected chi connectivity index (χ3v) is 7.71. The zero-order valence-electron chi connectivity index (χ0n) is 21.0. The van der Waals surface area contributed by atoms with E-state index in [9.17, 15) is 18.0 Å². The number of rotatable bonds is 9. The number of aryl methyl sites for hydroxylation is 2. The molecule has 9 nitrogen and oxygen atoms in total. The van der Waals surface area contributed by atoms with Crippen molar-refractivity contribution in [1.82, 2.24) is 0 Å². The van der Waals surface area contributed by atoms with E-state index in [-0.39, 0.29) is 27.6 Å². The van der Waals surface area contributed by atoms with E-state index in [0.29, 0.717) is 10.7 Å². The van der Waals surface area contributed by atoms with Crippen molar-refractivity contribution in [3.63, 3.8) is 0 Å². The average Bonchev–Trinajstić information content (AvgIpc) is 2.88. The highest BCUT2D eigenvalue weighted by molar-refractivity contribution is 7.92. The van der Waals surface area contributed by atoms with E-state index in [1.807, 2.05) is 13.8 Å². The summed E-state index contributed by atoms with van der Waals surface area (Å²) in [6, 6.07) is 13.5. The fourth-order valence-corrected chi connectivity index (χ4v) is 5.05.